The highest BCUT2D eigenvalue weighted by Gasteiger charge is 2.16. The maximum Gasteiger partial charge on any atom is 0.259 e. The number of nitrogens with zero attached hydrogens (tertiary/aromatic N) is 6. The fourth-order valence-corrected chi connectivity index (χ4v) is 4.06. The van der Waals surface area contributed by atoms with E-state index in [1.807, 2.05) is 25.1 Å². The van der Waals surface area contributed by atoms with Crippen molar-refractivity contribution in [3.63, 3.8) is 0 Å². The molecule has 0 radical (unpaired) electrons. The van der Waals surface area contributed by atoms with Crippen LogP contribution in [-0.2, 0) is 6.54 Å². The van der Waals surface area contributed by atoms with Gasteiger partial charge in [0.2, 0.25) is 0 Å². The maximum atomic E-state index is 12.9. The van der Waals surface area contributed by atoms with E-state index in [0.29, 0.717) is 11.5 Å². The van der Waals surface area contributed by atoms with Gasteiger partial charge in [-0.15, -0.1) is 11.3 Å². The molecule has 0 aliphatic carbocycles. The second kappa shape index (κ2) is 7.24. The van der Waals surface area contributed by atoms with Gasteiger partial charge in [-0.3, -0.25) is 9.20 Å². The molecule has 8 heteroatoms. The molecule has 4 rings (SSSR count). The van der Waals surface area contributed by atoms with Gasteiger partial charge in [-0.05, 0) is 26.0 Å². The summed E-state index contributed by atoms with van der Waals surface area (Å²) in [7, 11) is 0. The highest BCUT2D eigenvalue weighted by Crippen LogP contribution is 2.28. The first kappa shape index (κ1) is 17.3. The summed E-state index contributed by atoms with van der Waals surface area (Å²) in [5.41, 5.74) is 2.23. The van der Waals surface area contributed by atoms with Crippen LogP contribution in [0, 0.1) is 6.92 Å². The molecule has 7 nitrogen and oxygen atoms in total. The Kier molecular flexibility index (Phi) is 4.64. The van der Waals surface area contributed by atoms with Crippen LogP contribution in [0.5, 0.6) is 0 Å². The monoisotopic (exact) mass is 378 g/mol. The first-order valence-corrected chi connectivity index (χ1v) is 9.42. The van der Waals surface area contributed by atoms with Crippen molar-refractivity contribution in [1.29, 1.82) is 0 Å². The van der Waals surface area contributed by atoms with Gasteiger partial charge in [0.25, 0.3) is 5.56 Å². The van der Waals surface area contributed by atoms with Crippen LogP contribution in [-0.4, -0.2) is 30.9 Å². The molecule has 4 aromatic rings. The molecule has 0 unspecified atom stereocenters. The molecule has 0 aromatic carbocycles. The third kappa shape index (κ3) is 3.31. The van der Waals surface area contributed by atoms with Crippen LogP contribution in [0.3, 0.4) is 0 Å². The molecule has 4 heterocycles. The quantitative estimate of drug-likeness (QED) is 0.531. The molecule has 4 aromatic heterocycles. The van der Waals surface area contributed by atoms with Gasteiger partial charge in [-0.1, -0.05) is 6.07 Å². The minimum atomic E-state index is -0.102. The smallest absolute Gasteiger partial charge is 0.259 e. The van der Waals surface area contributed by atoms with E-state index < -0.39 is 0 Å². The van der Waals surface area contributed by atoms with Gasteiger partial charge < -0.3 is 4.90 Å². The van der Waals surface area contributed by atoms with E-state index in [0.717, 1.165) is 34.2 Å². The summed E-state index contributed by atoms with van der Waals surface area (Å²) in [6.45, 7) is 5.34. The molecule has 0 atom stereocenters. The van der Waals surface area contributed by atoms with Crippen LogP contribution >= 0.6 is 11.3 Å². The lowest BCUT2D eigenvalue weighted by molar-refractivity contribution is 0.791. The van der Waals surface area contributed by atoms with E-state index in [-0.39, 0.29) is 5.56 Å². The van der Waals surface area contributed by atoms with E-state index in [2.05, 4.69) is 26.8 Å². The number of pyridine rings is 1. The Labute approximate surface area is 160 Å². The first-order chi connectivity index (χ1) is 13.2. The Morgan fingerprint density at radius 2 is 2.04 bits per heavy atom. The van der Waals surface area contributed by atoms with Gasteiger partial charge in [-0.2, -0.15) is 0 Å². The lowest BCUT2D eigenvalue weighted by Crippen LogP contribution is -2.25. The largest absolute Gasteiger partial charge is 0.351 e. The molecule has 27 heavy (non-hydrogen) atoms. The average Bonchev–Trinajstić information content (AvgIpc) is 3.04. The highest BCUT2D eigenvalue weighted by molar-refractivity contribution is 7.17. The van der Waals surface area contributed by atoms with Crippen molar-refractivity contribution < 1.29 is 0 Å². The maximum absolute atomic E-state index is 12.9. The molecule has 0 aliphatic heterocycles. The molecule has 136 valence electrons. The molecule has 0 aliphatic rings. The van der Waals surface area contributed by atoms with Gasteiger partial charge in [0, 0.05) is 41.6 Å². The summed E-state index contributed by atoms with van der Waals surface area (Å²) >= 11 is 1.49. The SMILES string of the molecule is CCN(Cc1cc(=O)n2c(-c3cncnc3)c(C)sc2n1)c1ccccn1. The number of hydrogen-bond donors (Lipinski definition) is 0. The molecular formula is C19H18N6OS. The number of aryl methyl sites for hydroxylation is 1. The lowest BCUT2D eigenvalue weighted by atomic mass is 10.2. The third-order valence-electron chi connectivity index (χ3n) is 4.28. The Morgan fingerprint density at radius 1 is 1.22 bits per heavy atom. The van der Waals surface area contributed by atoms with Crippen molar-refractivity contribution in [3.05, 3.63) is 70.1 Å². The van der Waals surface area contributed by atoms with Gasteiger partial charge in [0.1, 0.15) is 12.1 Å². The number of rotatable bonds is 5. The van der Waals surface area contributed by atoms with Gasteiger partial charge in [0.15, 0.2) is 4.96 Å². The molecule has 0 saturated carbocycles. The molecular weight excluding hydrogens is 360 g/mol. The lowest BCUT2D eigenvalue weighted by Gasteiger charge is -2.21. The summed E-state index contributed by atoms with van der Waals surface area (Å²) < 4.78 is 1.64. The Hall–Kier alpha value is -3.13. The predicted octanol–water partition coefficient (Wildman–Crippen LogP) is 2.94. The Bertz CT molecular complexity index is 1120. The van der Waals surface area contributed by atoms with Crippen molar-refractivity contribution in [2.45, 2.75) is 20.4 Å². The molecule has 0 amide bonds. The molecule has 0 saturated heterocycles. The second-order valence-electron chi connectivity index (χ2n) is 6.04. The summed E-state index contributed by atoms with van der Waals surface area (Å²) in [5.74, 6) is 0.867. The minimum Gasteiger partial charge on any atom is -0.351 e. The standard InChI is InChI=1S/C19H18N6OS/c1-3-24(16-6-4-5-7-22-16)11-15-8-17(26)25-18(13(2)27-19(25)23-15)14-9-20-12-21-10-14/h4-10,12H,3,11H2,1-2H3. The van der Waals surface area contributed by atoms with E-state index in [9.17, 15) is 4.79 Å². The number of thiazole rings is 1. The zero-order valence-corrected chi connectivity index (χ0v) is 15.8. The highest BCUT2D eigenvalue weighted by atomic mass is 32.1. The fourth-order valence-electron chi connectivity index (χ4n) is 3.05. The molecule has 0 bridgehead atoms. The molecule has 0 spiro atoms. The first-order valence-electron chi connectivity index (χ1n) is 8.61. The van der Waals surface area contributed by atoms with Crippen LogP contribution in [0.2, 0.25) is 0 Å². The van der Waals surface area contributed by atoms with E-state index >= 15 is 0 Å². The van der Waals surface area contributed by atoms with Crippen LogP contribution < -0.4 is 10.5 Å². The third-order valence-corrected chi connectivity index (χ3v) is 5.24. The van der Waals surface area contributed by atoms with Crippen LogP contribution in [0.4, 0.5) is 5.82 Å². The van der Waals surface area contributed by atoms with Gasteiger partial charge in [-0.25, -0.2) is 19.9 Å². The van der Waals surface area contributed by atoms with Crippen molar-refractivity contribution in [3.8, 4) is 11.3 Å². The van der Waals surface area contributed by atoms with Crippen LogP contribution in [0.25, 0.3) is 16.2 Å². The summed E-state index contributed by atoms with van der Waals surface area (Å²) in [6.07, 6.45) is 6.66. The number of fused-ring (bicyclic) bond motifs is 1. The van der Waals surface area contributed by atoms with Crippen LogP contribution in [0.15, 0.2) is 54.0 Å². The van der Waals surface area contributed by atoms with Gasteiger partial charge in [0.05, 0.1) is 17.9 Å². The number of hydrogen-bond acceptors (Lipinski definition) is 7. The van der Waals surface area contributed by atoms with Crippen molar-refractivity contribution in [2.24, 2.45) is 0 Å². The Morgan fingerprint density at radius 3 is 2.74 bits per heavy atom. The summed E-state index contributed by atoms with van der Waals surface area (Å²) in [4.78, 5) is 33.9. The number of anilines is 1. The zero-order valence-electron chi connectivity index (χ0n) is 15.0. The summed E-state index contributed by atoms with van der Waals surface area (Å²) in [6, 6.07) is 7.39. The minimum absolute atomic E-state index is 0.102. The predicted molar refractivity (Wildman–Crippen MR) is 106 cm³/mol. The van der Waals surface area contributed by atoms with Crippen LogP contribution in [0.1, 0.15) is 17.5 Å². The normalized spacial score (nSPS) is 11.0. The van der Waals surface area contributed by atoms with E-state index in [1.54, 1.807) is 29.1 Å². The van der Waals surface area contributed by atoms with Crippen molar-refractivity contribution in [2.75, 3.05) is 11.4 Å². The van der Waals surface area contributed by atoms with Crippen molar-refractivity contribution in [1.82, 2.24) is 24.3 Å². The average molecular weight is 378 g/mol. The van der Waals surface area contributed by atoms with Gasteiger partial charge >= 0.3 is 0 Å². The zero-order chi connectivity index (χ0) is 18.8. The van der Waals surface area contributed by atoms with E-state index in [4.69, 9.17) is 4.98 Å². The Balaban J connectivity index is 1.76. The van der Waals surface area contributed by atoms with E-state index in [1.165, 1.54) is 17.7 Å². The number of aromatic nitrogens is 5. The molecule has 0 N–H and O–H groups in total. The fraction of sp³-hybridized carbons (Fsp3) is 0.211. The summed E-state index contributed by atoms with van der Waals surface area (Å²) in [5, 5.41) is 0. The second-order valence-corrected chi connectivity index (χ2v) is 7.22. The molecule has 0 fully saturated rings. The topological polar surface area (TPSA) is 76.3 Å². The van der Waals surface area contributed by atoms with Crippen molar-refractivity contribution >= 4 is 22.1 Å².